The van der Waals surface area contributed by atoms with Gasteiger partial charge in [-0.1, -0.05) is 23.2 Å². The highest BCUT2D eigenvalue weighted by molar-refractivity contribution is 7.99. The van der Waals surface area contributed by atoms with Gasteiger partial charge in [0.15, 0.2) is 0 Å². The van der Waals surface area contributed by atoms with Gasteiger partial charge < -0.3 is 0 Å². The van der Waals surface area contributed by atoms with Crippen molar-refractivity contribution in [3.05, 3.63) is 22.3 Å². The van der Waals surface area contributed by atoms with E-state index in [-0.39, 0.29) is 0 Å². The van der Waals surface area contributed by atoms with Crippen molar-refractivity contribution in [3.63, 3.8) is 0 Å². The predicted octanol–water partition coefficient (Wildman–Crippen LogP) is 3.72. The summed E-state index contributed by atoms with van der Waals surface area (Å²) in [6, 6.07) is 1.67. The highest BCUT2D eigenvalue weighted by Crippen LogP contribution is 2.26. The molecule has 0 unspecified atom stereocenters. The first-order valence-corrected chi connectivity index (χ1v) is 5.51. The number of alkyl halides is 1. The third kappa shape index (κ3) is 3.02. The van der Waals surface area contributed by atoms with Crippen LogP contribution in [0.15, 0.2) is 17.3 Å². The summed E-state index contributed by atoms with van der Waals surface area (Å²) in [4.78, 5) is 4.06. The van der Waals surface area contributed by atoms with E-state index in [2.05, 4.69) is 4.98 Å². The van der Waals surface area contributed by atoms with Crippen LogP contribution in [0, 0.1) is 0 Å². The average Bonchev–Trinajstić information content (AvgIpc) is 2.03. The molecule has 0 aromatic carbocycles. The fourth-order valence-corrected chi connectivity index (χ4v) is 2.01. The van der Waals surface area contributed by atoms with Gasteiger partial charge in [-0.15, -0.1) is 23.4 Å². The lowest BCUT2D eigenvalue weighted by Gasteiger charge is -2.00. The normalized spacial score (nSPS) is 10.2. The quantitative estimate of drug-likeness (QED) is 0.592. The molecule has 5 heteroatoms. The van der Waals surface area contributed by atoms with Gasteiger partial charge in [-0.2, -0.15) is 0 Å². The lowest BCUT2D eigenvalue weighted by Crippen LogP contribution is -1.84. The fourth-order valence-electron chi connectivity index (χ4n) is 0.643. The molecule has 0 aliphatic carbocycles. The number of nitrogens with zero attached hydrogens (tertiary/aromatic N) is 1. The molecule has 0 aliphatic heterocycles. The van der Waals surface area contributed by atoms with E-state index < -0.39 is 0 Å². The topological polar surface area (TPSA) is 12.9 Å². The van der Waals surface area contributed by atoms with Crippen molar-refractivity contribution in [1.82, 2.24) is 4.98 Å². The Balaban J connectivity index is 2.72. The molecule has 0 fully saturated rings. The van der Waals surface area contributed by atoms with Crippen molar-refractivity contribution < 1.29 is 0 Å². The smallest absolute Gasteiger partial charge is 0.115 e. The molecule has 1 rings (SSSR count). The average molecular weight is 243 g/mol. The molecule has 1 aromatic heterocycles. The first kappa shape index (κ1) is 10.5. The Morgan fingerprint density at radius 3 is 2.75 bits per heavy atom. The minimum atomic E-state index is 0.551. The van der Waals surface area contributed by atoms with Crippen LogP contribution in [0.3, 0.4) is 0 Å². The van der Waals surface area contributed by atoms with Gasteiger partial charge in [0.2, 0.25) is 0 Å². The summed E-state index contributed by atoms with van der Waals surface area (Å²) < 4.78 is 0. The van der Waals surface area contributed by atoms with Crippen LogP contribution < -0.4 is 0 Å². The van der Waals surface area contributed by atoms with Crippen molar-refractivity contribution in [2.24, 2.45) is 0 Å². The molecule has 0 aliphatic rings. The monoisotopic (exact) mass is 241 g/mol. The zero-order valence-corrected chi connectivity index (χ0v) is 9.14. The van der Waals surface area contributed by atoms with E-state index in [0.29, 0.717) is 15.9 Å². The number of rotatable bonds is 3. The van der Waals surface area contributed by atoms with Crippen LogP contribution in [-0.4, -0.2) is 16.6 Å². The summed E-state index contributed by atoms with van der Waals surface area (Å²) >= 11 is 18.6. The summed E-state index contributed by atoms with van der Waals surface area (Å²) in [6.07, 6.45) is 1.57. The van der Waals surface area contributed by atoms with Crippen LogP contribution in [0.2, 0.25) is 10.0 Å². The maximum absolute atomic E-state index is 5.85. The number of hydrogen-bond acceptors (Lipinski definition) is 2. The minimum Gasteiger partial charge on any atom is -0.247 e. The molecule has 0 spiro atoms. The predicted molar refractivity (Wildman–Crippen MR) is 55.7 cm³/mol. The molecule has 1 heterocycles. The molecule has 1 nitrogen and oxygen atoms in total. The van der Waals surface area contributed by atoms with Gasteiger partial charge in [-0.25, -0.2) is 4.98 Å². The summed E-state index contributed by atoms with van der Waals surface area (Å²) in [5, 5.41) is 1.91. The summed E-state index contributed by atoms with van der Waals surface area (Å²) in [5.41, 5.74) is 0. The summed E-state index contributed by atoms with van der Waals surface area (Å²) in [7, 11) is 0. The standard InChI is InChI=1S/C7H6Cl3NS/c8-1-2-12-7-6(10)3-5(9)4-11-7/h3-4H,1-2H2. The van der Waals surface area contributed by atoms with Gasteiger partial charge in [0.25, 0.3) is 0 Å². The molecule has 0 N–H and O–H groups in total. The molecule has 0 radical (unpaired) electrons. The Morgan fingerprint density at radius 2 is 2.17 bits per heavy atom. The van der Waals surface area contributed by atoms with E-state index in [0.717, 1.165) is 10.8 Å². The molecule has 66 valence electrons. The molecule has 12 heavy (non-hydrogen) atoms. The largest absolute Gasteiger partial charge is 0.247 e. The van der Waals surface area contributed by atoms with Gasteiger partial charge in [-0.3, -0.25) is 0 Å². The second-order valence-electron chi connectivity index (χ2n) is 1.98. The molecule has 1 aromatic rings. The Labute approximate surface area is 90.4 Å². The molecule has 0 saturated carbocycles. The van der Waals surface area contributed by atoms with E-state index in [1.54, 1.807) is 12.3 Å². The first-order chi connectivity index (χ1) is 5.74. The van der Waals surface area contributed by atoms with Crippen LogP contribution in [0.5, 0.6) is 0 Å². The number of hydrogen-bond donors (Lipinski definition) is 0. The van der Waals surface area contributed by atoms with Crippen LogP contribution >= 0.6 is 46.6 Å². The van der Waals surface area contributed by atoms with Crippen LogP contribution in [-0.2, 0) is 0 Å². The van der Waals surface area contributed by atoms with Crippen LogP contribution in [0.25, 0.3) is 0 Å². The van der Waals surface area contributed by atoms with Gasteiger partial charge in [0, 0.05) is 17.8 Å². The molecule has 0 atom stereocenters. The molecular weight excluding hydrogens is 237 g/mol. The van der Waals surface area contributed by atoms with E-state index >= 15 is 0 Å². The molecular formula is C7H6Cl3NS. The second-order valence-corrected chi connectivity index (χ2v) is 4.28. The first-order valence-electron chi connectivity index (χ1n) is 3.24. The lowest BCUT2D eigenvalue weighted by atomic mass is 10.5. The van der Waals surface area contributed by atoms with Gasteiger partial charge in [0.1, 0.15) is 5.03 Å². The maximum atomic E-state index is 5.85. The third-order valence-electron chi connectivity index (χ3n) is 1.09. The van der Waals surface area contributed by atoms with Crippen molar-refractivity contribution in [2.45, 2.75) is 5.03 Å². The number of aromatic nitrogens is 1. The molecule has 0 saturated heterocycles. The number of halogens is 3. The number of pyridine rings is 1. The lowest BCUT2D eigenvalue weighted by molar-refractivity contribution is 1.13. The summed E-state index contributed by atoms with van der Waals surface area (Å²) in [6.45, 7) is 0. The van der Waals surface area contributed by atoms with Crippen molar-refractivity contribution in [3.8, 4) is 0 Å². The van der Waals surface area contributed by atoms with E-state index in [1.165, 1.54) is 11.8 Å². The Hall–Kier alpha value is 0.370. The van der Waals surface area contributed by atoms with Gasteiger partial charge in [0.05, 0.1) is 10.0 Å². The van der Waals surface area contributed by atoms with Crippen LogP contribution in [0.4, 0.5) is 0 Å². The SMILES string of the molecule is ClCCSc1ncc(Cl)cc1Cl. The maximum Gasteiger partial charge on any atom is 0.115 e. The van der Waals surface area contributed by atoms with Gasteiger partial charge >= 0.3 is 0 Å². The molecule has 0 amide bonds. The number of thioether (sulfide) groups is 1. The second kappa shape index (κ2) is 5.18. The highest BCUT2D eigenvalue weighted by atomic mass is 35.5. The zero-order valence-electron chi connectivity index (χ0n) is 6.06. The minimum absolute atomic E-state index is 0.551. The molecule has 0 bridgehead atoms. The van der Waals surface area contributed by atoms with E-state index in [1.807, 2.05) is 0 Å². The van der Waals surface area contributed by atoms with Gasteiger partial charge in [-0.05, 0) is 6.07 Å². The van der Waals surface area contributed by atoms with E-state index in [9.17, 15) is 0 Å². The Morgan fingerprint density at radius 1 is 1.42 bits per heavy atom. The van der Waals surface area contributed by atoms with Crippen molar-refractivity contribution >= 4 is 46.6 Å². The highest BCUT2D eigenvalue weighted by Gasteiger charge is 2.02. The van der Waals surface area contributed by atoms with Crippen molar-refractivity contribution in [1.29, 1.82) is 0 Å². The Bertz CT molecular complexity index is 267. The van der Waals surface area contributed by atoms with E-state index in [4.69, 9.17) is 34.8 Å². The van der Waals surface area contributed by atoms with Crippen molar-refractivity contribution in [2.75, 3.05) is 11.6 Å². The fraction of sp³-hybridized carbons (Fsp3) is 0.286. The summed E-state index contributed by atoms with van der Waals surface area (Å²) in [5.74, 6) is 1.39. The zero-order chi connectivity index (χ0) is 8.97. The Kier molecular flexibility index (Phi) is 4.51. The third-order valence-corrected chi connectivity index (χ3v) is 3.12. The van der Waals surface area contributed by atoms with Crippen LogP contribution in [0.1, 0.15) is 0 Å².